The van der Waals surface area contributed by atoms with E-state index in [0.29, 0.717) is 40.2 Å². The van der Waals surface area contributed by atoms with Crippen LogP contribution in [0.3, 0.4) is 0 Å². The Balaban J connectivity index is 0.000000162. The lowest BCUT2D eigenvalue weighted by molar-refractivity contribution is 0.270. The number of pyridine rings is 2. The van der Waals surface area contributed by atoms with Crippen molar-refractivity contribution in [3.63, 3.8) is 0 Å². The molecule has 0 aliphatic heterocycles. The van der Waals surface area contributed by atoms with Crippen LogP contribution in [0.4, 0.5) is 16.0 Å². The lowest BCUT2D eigenvalue weighted by Gasteiger charge is -2.13. The molecule has 2 aromatic carbocycles. The molecule has 324 valence electrons. The van der Waals surface area contributed by atoms with E-state index >= 15 is 0 Å². The van der Waals surface area contributed by atoms with Gasteiger partial charge in [-0.1, -0.05) is 68.8 Å². The molecule has 0 spiro atoms. The molecular weight excluding hydrogens is 827 g/mol. The third-order valence-electron chi connectivity index (χ3n) is 11.7. The Kier molecular flexibility index (Phi) is 12.3. The molecule has 8 aromatic heterocycles. The number of hydrogen-bond acceptors (Lipinski definition) is 9. The van der Waals surface area contributed by atoms with Gasteiger partial charge in [0.05, 0.1) is 29.2 Å². The maximum atomic E-state index is 13.8. The van der Waals surface area contributed by atoms with Crippen LogP contribution in [0.2, 0.25) is 5.02 Å². The Morgan fingerprint density at radius 3 is 1.72 bits per heavy atom. The summed E-state index contributed by atoms with van der Waals surface area (Å²) in [5.74, 6) is 1.22. The van der Waals surface area contributed by atoms with E-state index in [4.69, 9.17) is 26.6 Å². The molecule has 2 unspecified atom stereocenters. The van der Waals surface area contributed by atoms with Gasteiger partial charge in [0, 0.05) is 119 Å². The minimum atomic E-state index is -0.423. The number of benzene rings is 2. The van der Waals surface area contributed by atoms with Gasteiger partial charge in [-0.2, -0.15) is 0 Å². The zero-order chi connectivity index (χ0) is 44.2. The van der Waals surface area contributed by atoms with Crippen LogP contribution in [-0.4, -0.2) is 73.5 Å². The summed E-state index contributed by atoms with van der Waals surface area (Å²) < 4.78 is 17.8. The van der Waals surface area contributed by atoms with Crippen molar-refractivity contribution in [1.82, 2.24) is 48.7 Å². The minimum absolute atomic E-state index is 0.00367. The van der Waals surface area contributed by atoms with Crippen molar-refractivity contribution in [2.75, 3.05) is 30.3 Å². The Morgan fingerprint density at radius 1 is 0.688 bits per heavy atom. The fourth-order valence-corrected chi connectivity index (χ4v) is 8.15. The van der Waals surface area contributed by atoms with E-state index in [1.807, 2.05) is 60.4 Å². The number of aliphatic hydroxyl groups excluding tert-OH is 1. The van der Waals surface area contributed by atoms with Crippen molar-refractivity contribution in [2.45, 2.75) is 51.9 Å². The van der Waals surface area contributed by atoms with Gasteiger partial charge in [0.25, 0.3) is 0 Å². The van der Waals surface area contributed by atoms with Crippen molar-refractivity contribution in [3.05, 3.63) is 156 Å². The SMILES string of the molecule is CC(CO)c1cnc2c(NCCc3c[nH]c4ccccc34)nc(-c3cncc(F)c3)cn12.CCC(C)c1cnc2c(NCCc3c[nH]c4ccccc34)nc(-c3cncc(Cl)c3)cn12. The molecule has 0 radical (unpaired) electrons. The smallest absolute Gasteiger partial charge is 0.180 e. The van der Waals surface area contributed by atoms with E-state index in [0.717, 1.165) is 65.3 Å². The van der Waals surface area contributed by atoms with Gasteiger partial charge in [0.2, 0.25) is 0 Å². The highest BCUT2D eigenvalue weighted by molar-refractivity contribution is 6.30. The topological polar surface area (TPSA) is 162 Å². The van der Waals surface area contributed by atoms with E-state index in [1.54, 1.807) is 24.8 Å². The molecule has 64 heavy (non-hydrogen) atoms. The molecule has 10 rings (SSSR count). The number of aromatic amines is 2. The molecule has 0 saturated heterocycles. The number of aliphatic hydroxyl groups is 1. The van der Waals surface area contributed by atoms with E-state index in [2.05, 4.69) is 90.3 Å². The first-order valence-electron chi connectivity index (χ1n) is 21.4. The van der Waals surface area contributed by atoms with Crippen LogP contribution in [0.1, 0.15) is 61.5 Å². The van der Waals surface area contributed by atoms with Crippen LogP contribution < -0.4 is 10.6 Å². The second kappa shape index (κ2) is 18.7. The number of halogens is 2. The number of hydrogen-bond donors (Lipinski definition) is 5. The van der Waals surface area contributed by atoms with Crippen LogP contribution in [-0.2, 0) is 12.8 Å². The van der Waals surface area contributed by atoms with Gasteiger partial charge in [-0.05, 0) is 60.6 Å². The van der Waals surface area contributed by atoms with Crippen molar-refractivity contribution in [2.24, 2.45) is 0 Å². The Hall–Kier alpha value is -7.16. The summed E-state index contributed by atoms with van der Waals surface area (Å²) >= 11 is 6.20. The molecule has 13 nitrogen and oxygen atoms in total. The van der Waals surface area contributed by atoms with Gasteiger partial charge in [0.15, 0.2) is 22.9 Å². The largest absolute Gasteiger partial charge is 0.396 e. The Bertz CT molecular complexity index is 2990. The Morgan fingerprint density at radius 2 is 1.20 bits per heavy atom. The van der Waals surface area contributed by atoms with Gasteiger partial charge in [0.1, 0.15) is 5.82 Å². The molecule has 0 amide bonds. The molecule has 10 aromatic rings. The quantitative estimate of drug-likeness (QED) is 0.0716. The number of para-hydroxylation sites is 2. The van der Waals surface area contributed by atoms with Gasteiger partial charge in [-0.3, -0.25) is 18.8 Å². The summed E-state index contributed by atoms with van der Waals surface area (Å²) in [6.45, 7) is 7.72. The highest BCUT2D eigenvalue weighted by atomic mass is 35.5. The number of rotatable bonds is 14. The summed E-state index contributed by atoms with van der Waals surface area (Å²) in [6.07, 6.45) is 20.5. The van der Waals surface area contributed by atoms with Gasteiger partial charge >= 0.3 is 0 Å². The zero-order valence-electron chi connectivity index (χ0n) is 35.7. The fraction of sp³-hybridized carbons (Fsp3) is 0.224. The summed E-state index contributed by atoms with van der Waals surface area (Å²) in [5, 5.41) is 19.6. The number of fused-ring (bicyclic) bond motifs is 4. The zero-order valence-corrected chi connectivity index (χ0v) is 36.5. The molecule has 5 N–H and O–H groups in total. The van der Waals surface area contributed by atoms with Crippen LogP contribution in [0.15, 0.2) is 123 Å². The van der Waals surface area contributed by atoms with Crippen molar-refractivity contribution < 1.29 is 9.50 Å². The highest BCUT2D eigenvalue weighted by Crippen LogP contribution is 2.30. The van der Waals surface area contributed by atoms with E-state index in [1.165, 1.54) is 39.9 Å². The van der Waals surface area contributed by atoms with Crippen LogP contribution in [0.5, 0.6) is 0 Å². The number of imidazole rings is 2. The summed E-state index contributed by atoms with van der Waals surface area (Å²) in [4.78, 5) is 33.7. The number of anilines is 2. The first-order valence-corrected chi connectivity index (χ1v) is 21.8. The second-order valence-electron chi connectivity index (χ2n) is 16.0. The summed E-state index contributed by atoms with van der Waals surface area (Å²) in [6, 6.07) is 19.9. The maximum absolute atomic E-state index is 13.8. The predicted molar refractivity (Wildman–Crippen MR) is 253 cm³/mol. The lowest BCUT2D eigenvalue weighted by atomic mass is 10.1. The number of aromatic nitrogens is 10. The normalized spacial score (nSPS) is 12.5. The molecule has 8 heterocycles. The van der Waals surface area contributed by atoms with Crippen molar-refractivity contribution in [1.29, 1.82) is 0 Å². The lowest BCUT2D eigenvalue weighted by Crippen LogP contribution is -2.10. The molecule has 0 fully saturated rings. The Labute approximate surface area is 373 Å². The molecule has 15 heteroatoms. The molecule has 0 aliphatic carbocycles. The summed E-state index contributed by atoms with van der Waals surface area (Å²) in [7, 11) is 0. The maximum Gasteiger partial charge on any atom is 0.180 e. The average molecular weight is 875 g/mol. The first kappa shape index (κ1) is 42.2. The van der Waals surface area contributed by atoms with Gasteiger partial charge in [-0.15, -0.1) is 0 Å². The first-order chi connectivity index (χ1) is 31.3. The number of H-pyrrole nitrogens is 2. The molecule has 0 saturated carbocycles. The van der Waals surface area contributed by atoms with E-state index < -0.39 is 5.82 Å². The van der Waals surface area contributed by atoms with E-state index in [9.17, 15) is 9.50 Å². The third kappa shape index (κ3) is 8.74. The van der Waals surface area contributed by atoms with Crippen molar-refractivity contribution in [3.8, 4) is 22.5 Å². The standard InChI is InChI=1S/C25H25ClN6.C24H23FN6O/c1-3-16(2)23-14-30-25-24(28-9-8-17-12-29-21-7-5-4-6-20(17)21)31-22(15-32(23)25)18-10-19(26)13-27-11-18;1-15(14-32)22-12-29-24-23(27-7-6-16-10-28-20-5-3-2-4-19(16)20)30-21(13-31(22)24)17-8-18(25)11-26-9-17/h4-7,10-16,29H,3,8-9H2,1-2H3,(H,28,31);2-5,8-13,15,28,32H,6-7,14H2,1H3,(H,27,30). The fourth-order valence-electron chi connectivity index (χ4n) is 7.97. The van der Waals surface area contributed by atoms with Crippen LogP contribution >= 0.6 is 11.6 Å². The summed E-state index contributed by atoms with van der Waals surface area (Å²) in [5.41, 5.74) is 11.1. The molecular formula is C49H48ClFN12O. The highest BCUT2D eigenvalue weighted by Gasteiger charge is 2.18. The third-order valence-corrected chi connectivity index (χ3v) is 11.9. The van der Waals surface area contributed by atoms with E-state index in [-0.39, 0.29) is 12.5 Å². The van der Waals surface area contributed by atoms with Gasteiger partial charge < -0.3 is 25.7 Å². The molecule has 0 aliphatic rings. The molecule has 2 atom stereocenters. The van der Waals surface area contributed by atoms with Gasteiger partial charge in [-0.25, -0.2) is 24.3 Å². The number of nitrogens with zero attached hydrogens (tertiary/aromatic N) is 8. The van der Waals surface area contributed by atoms with Crippen LogP contribution in [0.25, 0.3) is 55.6 Å². The molecule has 0 bridgehead atoms. The second-order valence-corrected chi connectivity index (χ2v) is 16.4. The monoisotopic (exact) mass is 874 g/mol. The minimum Gasteiger partial charge on any atom is -0.396 e. The average Bonchev–Trinajstić information content (AvgIpc) is 4.14. The van der Waals surface area contributed by atoms with Crippen molar-refractivity contribution >= 4 is 56.3 Å². The van der Waals surface area contributed by atoms with Crippen LogP contribution in [0, 0.1) is 5.82 Å². The predicted octanol–water partition coefficient (Wildman–Crippen LogP) is 10.3. The number of nitrogens with one attached hydrogen (secondary N) is 4.